The first-order chi connectivity index (χ1) is 7.26. The lowest BCUT2D eigenvalue weighted by molar-refractivity contribution is -0.145. The van der Waals surface area contributed by atoms with Crippen LogP contribution in [0.3, 0.4) is 0 Å². The van der Waals surface area contributed by atoms with Crippen molar-refractivity contribution in [2.24, 2.45) is 11.8 Å². The molecule has 15 heavy (non-hydrogen) atoms. The maximum Gasteiger partial charge on any atom is 0.312 e. The molecule has 2 fully saturated rings. The van der Waals surface area contributed by atoms with Gasteiger partial charge in [0.25, 0.3) is 0 Å². The Kier molecular flexibility index (Phi) is 3.13. The lowest BCUT2D eigenvalue weighted by Gasteiger charge is -2.29. The Morgan fingerprint density at radius 2 is 2.13 bits per heavy atom. The maximum absolute atomic E-state index is 11.7. The largest absolute Gasteiger partial charge is 0.469 e. The van der Waals surface area contributed by atoms with Gasteiger partial charge in [0, 0.05) is 0 Å². The van der Waals surface area contributed by atoms with E-state index < -0.39 is 0 Å². The van der Waals surface area contributed by atoms with Crippen molar-refractivity contribution < 1.29 is 9.53 Å². The number of carbonyl (C=O) groups is 1. The van der Waals surface area contributed by atoms with Crippen LogP contribution >= 0.6 is 0 Å². The molecule has 0 aliphatic heterocycles. The van der Waals surface area contributed by atoms with E-state index in [1.807, 2.05) is 0 Å². The lowest BCUT2D eigenvalue weighted by atomic mass is 9.76. The molecule has 84 valence electrons. The molecule has 2 saturated carbocycles. The second-order valence-corrected chi connectivity index (χ2v) is 4.75. The minimum atomic E-state index is -0.0115. The zero-order valence-electron chi connectivity index (χ0n) is 9.71. The Bertz CT molecular complexity index is 285. The van der Waals surface area contributed by atoms with Crippen molar-refractivity contribution in [2.45, 2.75) is 45.4 Å². The van der Waals surface area contributed by atoms with Crippen molar-refractivity contribution >= 4 is 5.97 Å². The summed E-state index contributed by atoms with van der Waals surface area (Å²) in [5, 5.41) is 0. The summed E-state index contributed by atoms with van der Waals surface area (Å²) in [7, 11) is 1.51. The molecule has 0 N–H and O–H groups in total. The predicted octanol–water partition coefficient (Wildman–Crippen LogP) is 3.08. The number of rotatable bonds is 2. The third kappa shape index (κ3) is 2.24. The van der Waals surface area contributed by atoms with Crippen molar-refractivity contribution in [3.8, 4) is 0 Å². The molecule has 0 bridgehead atoms. The van der Waals surface area contributed by atoms with E-state index in [1.165, 1.54) is 38.4 Å². The lowest BCUT2D eigenvalue weighted by Crippen LogP contribution is -2.26. The molecule has 2 unspecified atom stereocenters. The molecule has 2 aliphatic carbocycles. The smallest absolute Gasteiger partial charge is 0.312 e. The van der Waals surface area contributed by atoms with Gasteiger partial charge in [0.2, 0.25) is 0 Å². The summed E-state index contributed by atoms with van der Waals surface area (Å²) in [5.41, 5.74) is 2.96. The van der Waals surface area contributed by atoms with Gasteiger partial charge in [0.1, 0.15) is 0 Å². The molecule has 0 amide bonds. The molecule has 0 saturated heterocycles. The highest BCUT2D eigenvalue weighted by atomic mass is 16.5. The zero-order chi connectivity index (χ0) is 10.8. The first kappa shape index (κ1) is 10.7. The minimum absolute atomic E-state index is 0.0115. The van der Waals surface area contributed by atoms with Crippen LogP contribution in [0.2, 0.25) is 0 Å². The molecule has 0 heterocycles. The van der Waals surface area contributed by atoms with Crippen LogP contribution in [-0.2, 0) is 9.53 Å². The zero-order valence-corrected chi connectivity index (χ0v) is 9.71. The highest BCUT2D eigenvalue weighted by molar-refractivity contribution is 5.76. The summed E-state index contributed by atoms with van der Waals surface area (Å²) in [6.07, 6.45) is 7.05. The van der Waals surface area contributed by atoms with E-state index in [2.05, 4.69) is 6.92 Å². The third-order valence-corrected chi connectivity index (χ3v) is 3.83. The number of hydrogen-bond donors (Lipinski definition) is 0. The second-order valence-electron chi connectivity index (χ2n) is 4.75. The van der Waals surface area contributed by atoms with Gasteiger partial charge in [-0.3, -0.25) is 4.79 Å². The number of carbonyl (C=O) groups excluding carboxylic acids is 1. The highest BCUT2D eigenvalue weighted by Crippen LogP contribution is 2.44. The molecule has 2 heteroatoms. The van der Waals surface area contributed by atoms with Gasteiger partial charge in [-0.25, -0.2) is 0 Å². The van der Waals surface area contributed by atoms with Crippen molar-refractivity contribution in [1.82, 2.24) is 0 Å². The molecular weight excluding hydrogens is 188 g/mol. The molecular formula is C13H20O2. The van der Waals surface area contributed by atoms with Gasteiger partial charge >= 0.3 is 5.97 Å². The molecule has 2 aliphatic rings. The van der Waals surface area contributed by atoms with Crippen LogP contribution in [-0.4, -0.2) is 13.1 Å². The third-order valence-electron chi connectivity index (χ3n) is 3.83. The fraction of sp³-hybridized carbons (Fsp3) is 0.769. The van der Waals surface area contributed by atoms with Gasteiger partial charge in [-0.05, 0) is 38.0 Å². The van der Waals surface area contributed by atoms with Gasteiger partial charge < -0.3 is 4.74 Å². The van der Waals surface area contributed by atoms with Crippen LogP contribution < -0.4 is 0 Å². The summed E-state index contributed by atoms with van der Waals surface area (Å²) < 4.78 is 4.92. The van der Waals surface area contributed by atoms with Crippen LogP contribution in [0.5, 0.6) is 0 Å². The van der Waals surface area contributed by atoms with E-state index in [1.54, 1.807) is 5.57 Å². The van der Waals surface area contributed by atoms with Gasteiger partial charge in [-0.1, -0.05) is 24.5 Å². The first-order valence-electron chi connectivity index (χ1n) is 6.04. The summed E-state index contributed by atoms with van der Waals surface area (Å²) in [6.45, 7) is 2.22. The summed E-state index contributed by atoms with van der Waals surface area (Å²) in [5.74, 6) is 0.797. The van der Waals surface area contributed by atoms with Crippen molar-refractivity contribution in [1.29, 1.82) is 0 Å². The molecule has 0 radical (unpaired) electrons. The predicted molar refractivity (Wildman–Crippen MR) is 59.4 cm³/mol. The van der Waals surface area contributed by atoms with Crippen molar-refractivity contribution in [3.63, 3.8) is 0 Å². The fourth-order valence-electron chi connectivity index (χ4n) is 2.69. The van der Waals surface area contributed by atoms with E-state index in [4.69, 9.17) is 4.74 Å². The Hall–Kier alpha value is -0.790. The molecule has 0 aromatic carbocycles. The van der Waals surface area contributed by atoms with Crippen LogP contribution in [0.4, 0.5) is 0 Å². The number of esters is 1. The second kappa shape index (κ2) is 4.38. The molecule has 2 atom stereocenters. The van der Waals surface area contributed by atoms with E-state index in [-0.39, 0.29) is 11.9 Å². The van der Waals surface area contributed by atoms with Crippen LogP contribution in [0.1, 0.15) is 45.4 Å². The average molecular weight is 208 g/mol. The summed E-state index contributed by atoms with van der Waals surface area (Å²) in [4.78, 5) is 11.7. The first-order valence-corrected chi connectivity index (χ1v) is 6.04. The van der Waals surface area contributed by atoms with Gasteiger partial charge in [-0.15, -0.1) is 0 Å². The molecule has 0 aromatic heterocycles. The van der Waals surface area contributed by atoms with Gasteiger partial charge in [-0.2, -0.15) is 0 Å². The molecule has 0 spiro atoms. The standard InChI is InChI=1S/C13H20O2/c1-3-9-4-7-11(10-5-6-10)12(8-9)13(14)15-2/h9,12H,3-8H2,1-2H3. The van der Waals surface area contributed by atoms with Gasteiger partial charge in [0.15, 0.2) is 0 Å². The van der Waals surface area contributed by atoms with Gasteiger partial charge in [0.05, 0.1) is 13.0 Å². The highest BCUT2D eigenvalue weighted by Gasteiger charge is 2.34. The quantitative estimate of drug-likeness (QED) is 0.515. The maximum atomic E-state index is 11.7. The Morgan fingerprint density at radius 3 is 2.67 bits per heavy atom. The number of methoxy groups -OCH3 is 1. The van der Waals surface area contributed by atoms with E-state index in [0.29, 0.717) is 0 Å². The summed E-state index contributed by atoms with van der Waals surface area (Å²) in [6, 6.07) is 0. The number of allylic oxidation sites excluding steroid dienone is 1. The number of ether oxygens (including phenoxy) is 1. The molecule has 2 nitrogen and oxygen atoms in total. The minimum Gasteiger partial charge on any atom is -0.469 e. The van der Waals surface area contributed by atoms with E-state index >= 15 is 0 Å². The van der Waals surface area contributed by atoms with Crippen LogP contribution in [0, 0.1) is 11.8 Å². The Morgan fingerprint density at radius 1 is 1.40 bits per heavy atom. The molecule has 0 aromatic rings. The summed E-state index contributed by atoms with van der Waals surface area (Å²) >= 11 is 0. The average Bonchev–Trinajstić information content (AvgIpc) is 3.11. The Labute approximate surface area is 91.7 Å². The van der Waals surface area contributed by atoms with E-state index in [9.17, 15) is 4.79 Å². The molecule has 2 rings (SSSR count). The Balaban J connectivity index is 2.12. The topological polar surface area (TPSA) is 26.3 Å². The normalized spacial score (nSPS) is 30.3. The van der Waals surface area contributed by atoms with E-state index in [0.717, 1.165) is 18.8 Å². The van der Waals surface area contributed by atoms with Crippen molar-refractivity contribution in [3.05, 3.63) is 11.1 Å². The van der Waals surface area contributed by atoms with Crippen LogP contribution in [0.25, 0.3) is 0 Å². The fourth-order valence-corrected chi connectivity index (χ4v) is 2.69. The monoisotopic (exact) mass is 208 g/mol. The SMILES string of the molecule is CCC1CCC(=C2CC2)C(C(=O)OC)C1. The number of hydrogen-bond acceptors (Lipinski definition) is 2. The van der Waals surface area contributed by atoms with Crippen molar-refractivity contribution in [2.75, 3.05) is 7.11 Å². The van der Waals surface area contributed by atoms with Crippen LogP contribution in [0.15, 0.2) is 11.1 Å².